The zero-order valence-corrected chi connectivity index (χ0v) is 24.2. The van der Waals surface area contributed by atoms with Gasteiger partial charge in [0.05, 0.1) is 17.7 Å². The lowest BCUT2D eigenvalue weighted by atomic mass is 9.89. The Bertz CT molecular complexity index is 1570. The summed E-state index contributed by atoms with van der Waals surface area (Å²) >= 11 is 0. The first-order valence-electron chi connectivity index (χ1n) is 14.5. The molecule has 1 unspecified atom stereocenters. The third-order valence-corrected chi connectivity index (χ3v) is 7.56. The average Bonchev–Trinajstić information content (AvgIpc) is 3.01. The molecule has 0 saturated heterocycles. The molecule has 0 saturated carbocycles. The Morgan fingerprint density at radius 3 is 2.40 bits per heavy atom. The zero-order chi connectivity index (χ0) is 28.3. The summed E-state index contributed by atoms with van der Waals surface area (Å²) in [4.78, 5) is 0. The summed E-state index contributed by atoms with van der Waals surface area (Å²) < 4.78 is 0. The summed E-state index contributed by atoms with van der Waals surface area (Å²) in [6.45, 7) is 9.44. The van der Waals surface area contributed by atoms with Gasteiger partial charge in [0.1, 0.15) is 0 Å². The maximum absolute atomic E-state index is 10.1. The predicted octanol–water partition coefficient (Wildman–Crippen LogP) is 9.80. The molecule has 2 nitrogen and oxygen atoms in total. The predicted molar refractivity (Wildman–Crippen MR) is 171 cm³/mol. The van der Waals surface area contributed by atoms with Crippen LogP contribution in [0.2, 0.25) is 0 Å². The van der Waals surface area contributed by atoms with E-state index in [0.29, 0.717) is 5.56 Å². The molecular formula is C38H40N2. The summed E-state index contributed by atoms with van der Waals surface area (Å²) in [6.07, 6.45) is 13.9. The molecule has 2 heteroatoms. The molecule has 0 spiro atoms. The molecule has 4 rings (SSSR count). The van der Waals surface area contributed by atoms with E-state index in [-0.39, 0.29) is 6.04 Å². The molecule has 4 aromatic carbocycles. The summed E-state index contributed by atoms with van der Waals surface area (Å²) in [5.41, 5.74) is 9.20. The van der Waals surface area contributed by atoms with Crippen LogP contribution in [0.5, 0.6) is 0 Å². The number of hydrogen-bond acceptors (Lipinski definition) is 2. The first-order chi connectivity index (χ1) is 19.6. The number of allylic oxidation sites excluding steroid dienone is 4. The highest BCUT2D eigenvalue weighted by Crippen LogP contribution is 2.34. The van der Waals surface area contributed by atoms with Crippen LogP contribution in [0.15, 0.2) is 115 Å². The van der Waals surface area contributed by atoms with Crippen molar-refractivity contribution in [3.63, 3.8) is 0 Å². The third kappa shape index (κ3) is 6.68. The number of benzene rings is 4. The molecule has 0 aromatic heterocycles. The van der Waals surface area contributed by atoms with E-state index in [4.69, 9.17) is 0 Å². The minimum atomic E-state index is -0.0336. The Kier molecular flexibility index (Phi) is 10.3. The fourth-order valence-electron chi connectivity index (χ4n) is 5.37. The Morgan fingerprint density at radius 1 is 0.850 bits per heavy atom. The van der Waals surface area contributed by atoms with Crippen molar-refractivity contribution in [1.82, 2.24) is 5.32 Å². The molecule has 0 amide bonds. The van der Waals surface area contributed by atoms with Gasteiger partial charge in [0.25, 0.3) is 0 Å². The average molecular weight is 525 g/mol. The van der Waals surface area contributed by atoms with Crippen molar-refractivity contribution in [3.8, 4) is 17.2 Å². The number of nitrogens with one attached hydrogen (secondary N) is 1. The van der Waals surface area contributed by atoms with Crippen LogP contribution in [0.25, 0.3) is 21.9 Å². The standard InChI is InChI=1S/C38H40N2/c1-5-9-10-11-15-30(7-3)38(40-27-28-20-21-29(6-2)31(8-4)24-28)33-22-23-34(26-39)37(25-33)36-19-14-17-32-16-12-13-18-35(32)36/h7,9-25,38,40H,5-6,8,27H2,1-4H3/b10-9+,15-11-,30-7+. The van der Waals surface area contributed by atoms with E-state index in [9.17, 15) is 5.26 Å². The summed E-state index contributed by atoms with van der Waals surface area (Å²) in [5.74, 6) is 0. The SMILES string of the molecule is C\C=C(/C=C\C=C\CC)C(NCc1ccc(CC)c(CC)c1)c1ccc(C#N)c(-c2cccc3ccccc23)c1. The van der Waals surface area contributed by atoms with Crippen molar-refractivity contribution in [3.05, 3.63) is 143 Å². The second-order valence-corrected chi connectivity index (χ2v) is 10.1. The number of fused-ring (bicyclic) bond motifs is 1. The van der Waals surface area contributed by atoms with Crippen molar-refractivity contribution < 1.29 is 0 Å². The Morgan fingerprint density at radius 2 is 1.65 bits per heavy atom. The number of nitriles is 1. The van der Waals surface area contributed by atoms with E-state index in [1.54, 1.807) is 0 Å². The monoisotopic (exact) mass is 524 g/mol. The van der Waals surface area contributed by atoms with Gasteiger partial charge in [-0.05, 0) is 82.5 Å². The van der Waals surface area contributed by atoms with Gasteiger partial charge in [-0.3, -0.25) is 0 Å². The van der Waals surface area contributed by atoms with Gasteiger partial charge in [-0.2, -0.15) is 5.26 Å². The maximum atomic E-state index is 10.1. The summed E-state index contributed by atoms with van der Waals surface area (Å²) in [6, 6.07) is 30.3. The van der Waals surface area contributed by atoms with E-state index in [2.05, 4.69) is 142 Å². The Balaban J connectivity index is 1.78. The molecular weight excluding hydrogens is 484 g/mol. The second-order valence-electron chi connectivity index (χ2n) is 10.1. The van der Waals surface area contributed by atoms with Crippen LogP contribution in [0.1, 0.15) is 68.0 Å². The molecule has 0 aliphatic carbocycles. The fourth-order valence-corrected chi connectivity index (χ4v) is 5.37. The van der Waals surface area contributed by atoms with E-state index in [1.807, 2.05) is 6.07 Å². The highest BCUT2D eigenvalue weighted by Gasteiger charge is 2.18. The van der Waals surface area contributed by atoms with Gasteiger partial charge in [0.15, 0.2) is 0 Å². The Labute approximate surface area is 240 Å². The number of nitrogens with zero attached hydrogens (tertiary/aromatic N) is 1. The lowest BCUT2D eigenvalue weighted by Crippen LogP contribution is -2.22. The lowest BCUT2D eigenvalue weighted by Gasteiger charge is -2.23. The van der Waals surface area contributed by atoms with Crippen LogP contribution in [0, 0.1) is 11.3 Å². The molecule has 40 heavy (non-hydrogen) atoms. The number of aryl methyl sites for hydroxylation is 2. The van der Waals surface area contributed by atoms with Gasteiger partial charge in [0.2, 0.25) is 0 Å². The molecule has 1 N–H and O–H groups in total. The van der Waals surface area contributed by atoms with Crippen molar-refractivity contribution in [2.45, 2.75) is 59.5 Å². The van der Waals surface area contributed by atoms with E-state index in [0.717, 1.165) is 47.9 Å². The summed E-state index contributed by atoms with van der Waals surface area (Å²) in [7, 11) is 0. The fraction of sp³-hybridized carbons (Fsp3) is 0.237. The highest BCUT2D eigenvalue weighted by atomic mass is 14.9. The first-order valence-corrected chi connectivity index (χ1v) is 14.5. The van der Waals surface area contributed by atoms with Crippen molar-refractivity contribution in [1.29, 1.82) is 5.26 Å². The van der Waals surface area contributed by atoms with Gasteiger partial charge in [-0.1, -0.05) is 118 Å². The van der Waals surface area contributed by atoms with E-state index >= 15 is 0 Å². The first kappa shape index (κ1) is 28.8. The van der Waals surface area contributed by atoms with Crippen molar-refractivity contribution in [2.24, 2.45) is 0 Å². The molecule has 202 valence electrons. The van der Waals surface area contributed by atoms with Gasteiger partial charge in [-0.25, -0.2) is 0 Å². The smallest absolute Gasteiger partial charge is 0.0998 e. The molecule has 0 aliphatic rings. The largest absolute Gasteiger partial charge is 0.302 e. The molecule has 0 heterocycles. The van der Waals surface area contributed by atoms with Crippen molar-refractivity contribution in [2.75, 3.05) is 0 Å². The van der Waals surface area contributed by atoms with Gasteiger partial charge < -0.3 is 5.32 Å². The van der Waals surface area contributed by atoms with Gasteiger partial charge in [-0.15, -0.1) is 0 Å². The van der Waals surface area contributed by atoms with Gasteiger partial charge >= 0.3 is 0 Å². The molecule has 0 aliphatic heterocycles. The molecule has 0 fully saturated rings. The number of hydrogen-bond donors (Lipinski definition) is 1. The maximum Gasteiger partial charge on any atom is 0.0998 e. The summed E-state index contributed by atoms with van der Waals surface area (Å²) in [5, 5.41) is 16.2. The second kappa shape index (κ2) is 14.3. The van der Waals surface area contributed by atoms with Crippen LogP contribution in [0.3, 0.4) is 0 Å². The van der Waals surface area contributed by atoms with Crippen LogP contribution in [-0.4, -0.2) is 0 Å². The van der Waals surface area contributed by atoms with Crippen LogP contribution in [0.4, 0.5) is 0 Å². The highest BCUT2D eigenvalue weighted by molar-refractivity contribution is 5.97. The minimum Gasteiger partial charge on any atom is -0.302 e. The Hall–Kier alpha value is -4.19. The van der Waals surface area contributed by atoms with E-state index < -0.39 is 0 Å². The third-order valence-electron chi connectivity index (χ3n) is 7.56. The minimum absolute atomic E-state index is 0.0336. The van der Waals surface area contributed by atoms with Crippen molar-refractivity contribution >= 4 is 10.8 Å². The topological polar surface area (TPSA) is 35.8 Å². The normalized spacial score (nSPS) is 12.8. The zero-order valence-electron chi connectivity index (χ0n) is 24.2. The molecule has 0 bridgehead atoms. The quantitative estimate of drug-likeness (QED) is 0.198. The molecule has 4 aromatic rings. The van der Waals surface area contributed by atoms with Crippen LogP contribution in [-0.2, 0) is 19.4 Å². The van der Waals surface area contributed by atoms with Crippen LogP contribution >= 0.6 is 0 Å². The van der Waals surface area contributed by atoms with Crippen LogP contribution < -0.4 is 5.32 Å². The molecule has 1 atom stereocenters. The molecule has 0 radical (unpaired) electrons. The number of rotatable bonds is 11. The lowest BCUT2D eigenvalue weighted by molar-refractivity contribution is 0.603. The van der Waals surface area contributed by atoms with E-state index in [1.165, 1.54) is 27.6 Å². The van der Waals surface area contributed by atoms with Gasteiger partial charge in [0, 0.05) is 12.1 Å².